The number of carboxylic acids is 1. The number of carbonyl (C=O) groups excluding carboxylic acids is 1. The van der Waals surface area contributed by atoms with Crippen LogP contribution in [0.15, 0.2) is 30.3 Å². The first kappa shape index (κ1) is 16.3. The van der Waals surface area contributed by atoms with E-state index in [0.717, 1.165) is 5.56 Å². The molecule has 0 atom stereocenters. The third-order valence-corrected chi connectivity index (χ3v) is 3.10. The second-order valence-electron chi connectivity index (χ2n) is 4.87. The first-order valence-electron chi connectivity index (χ1n) is 6.94. The minimum Gasteiger partial charge on any atom is -0.481 e. The zero-order chi connectivity index (χ0) is 16.8. The van der Waals surface area contributed by atoms with Gasteiger partial charge in [0, 0.05) is 25.2 Å². The van der Waals surface area contributed by atoms with Gasteiger partial charge in [0.1, 0.15) is 0 Å². The fraction of sp³-hybridized carbons (Fsp3) is 0.267. The van der Waals surface area contributed by atoms with Gasteiger partial charge < -0.3 is 15.2 Å². The second kappa shape index (κ2) is 7.30. The molecule has 8 nitrogen and oxygen atoms in total. The van der Waals surface area contributed by atoms with Crippen LogP contribution >= 0.6 is 0 Å². The Bertz CT molecular complexity index is 711. The van der Waals surface area contributed by atoms with Gasteiger partial charge >= 0.3 is 12.0 Å². The van der Waals surface area contributed by atoms with Gasteiger partial charge in [0.05, 0.1) is 7.11 Å². The molecule has 1 aromatic heterocycles. The highest BCUT2D eigenvalue weighted by atomic mass is 16.5. The molecule has 2 rings (SSSR count). The summed E-state index contributed by atoms with van der Waals surface area (Å²) in [7, 11) is 3.22. The summed E-state index contributed by atoms with van der Waals surface area (Å²) in [6.45, 7) is 0. The zero-order valence-corrected chi connectivity index (χ0v) is 12.9. The molecule has 8 heteroatoms. The topological polar surface area (TPSA) is 105 Å². The minimum absolute atomic E-state index is 0.0450. The van der Waals surface area contributed by atoms with Crippen molar-refractivity contribution in [1.29, 1.82) is 0 Å². The lowest BCUT2D eigenvalue weighted by Crippen LogP contribution is -2.19. The molecular weight excluding hydrogens is 300 g/mol. The van der Waals surface area contributed by atoms with Crippen molar-refractivity contribution < 1.29 is 19.4 Å². The Morgan fingerprint density at radius 1 is 1.30 bits per heavy atom. The van der Waals surface area contributed by atoms with Gasteiger partial charge in [-0.3, -0.25) is 10.1 Å². The number of aromatic nitrogens is 2. The molecule has 3 N–H and O–H groups in total. The summed E-state index contributed by atoms with van der Waals surface area (Å²) in [5.41, 5.74) is 1.41. The summed E-state index contributed by atoms with van der Waals surface area (Å²) in [4.78, 5) is 22.6. The van der Waals surface area contributed by atoms with Crippen molar-refractivity contribution in [3.8, 4) is 5.88 Å². The van der Waals surface area contributed by atoms with Crippen molar-refractivity contribution >= 4 is 23.5 Å². The number of hydrogen-bond donors (Lipinski definition) is 3. The van der Waals surface area contributed by atoms with Crippen LogP contribution in [0.3, 0.4) is 0 Å². The van der Waals surface area contributed by atoms with E-state index in [2.05, 4.69) is 15.7 Å². The number of nitrogens with zero attached hydrogens (tertiary/aromatic N) is 2. The lowest BCUT2D eigenvalue weighted by molar-refractivity contribution is -0.136. The number of aliphatic carboxylic acids is 1. The molecule has 2 aromatic rings. The number of carbonyl (C=O) groups is 2. The van der Waals surface area contributed by atoms with Crippen LogP contribution in [-0.2, 0) is 18.3 Å². The van der Waals surface area contributed by atoms with E-state index >= 15 is 0 Å². The number of carboxylic acid groups (broad SMARTS) is 1. The molecule has 1 heterocycles. The van der Waals surface area contributed by atoms with E-state index in [1.54, 1.807) is 31.3 Å². The van der Waals surface area contributed by atoms with Gasteiger partial charge in [-0.05, 0) is 24.1 Å². The van der Waals surface area contributed by atoms with Crippen LogP contribution in [0.4, 0.5) is 16.3 Å². The Hall–Kier alpha value is -3.03. The summed E-state index contributed by atoms with van der Waals surface area (Å²) in [6, 6.07) is 8.19. The Labute approximate surface area is 133 Å². The number of rotatable bonds is 6. The summed E-state index contributed by atoms with van der Waals surface area (Å²) in [6.07, 6.45) is 0.452. The second-order valence-corrected chi connectivity index (χ2v) is 4.87. The maximum Gasteiger partial charge on any atom is 0.324 e. The molecule has 0 saturated heterocycles. The Morgan fingerprint density at radius 2 is 2.09 bits per heavy atom. The minimum atomic E-state index is -0.856. The van der Waals surface area contributed by atoms with Crippen LogP contribution in [0.25, 0.3) is 0 Å². The van der Waals surface area contributed by atoms with E-state index in [9.17, 15) is 9.59 Å². The molecule has 0 saturated carbocycles. The van der Waals surface area contributed by atoms with Crippen molar-refractivity contribution in [1.82, 2.24) is 9.78 Å². The normalized spacial score (nSPS) is 10.2. The lowest BCUT2D eigenvalue weighted by atomic mass is 10.1. The highest BCUT2D eigenvalue weighted by molar-refractivity contribution is 5.99. The number of amides is 2. The van der Waals surface area contributed by atoms with Gasteiger partial charge in [0.15, 0.2) is 5.82 Å². The fourth-order valence-electron chi connectivity index (χ4n) is 2.04. The number of ether oxygens (including phenoxy) is 1. The van der Waals surface area contributed by atoms with E-state index in [-0.39, 0.29) is 6.42 Å². The Balaban J connectivity index is 1.96. The number of methoxy groups -OCH3 is 1. The Morgan fingerprint density at radius 3 is 2.74 bits per heavy atom. The molecule has 2 amide bonds. The van der Waals surface area contributed by atoms with Crippen LogP contribution in [0, 0.1) is 0 Å². The van der Waals surface area contributed by atoms with Crippen LogP contribution in [0.5, 0.6) is 5.88 Å². The number of urea groups is 1. The standard InChI is InChI=1S/C15H18N4O4/c1-19-13(23-2)9-12(18-19)17-15(22)16-11-5-3-4-10(8-11)6-7-14(20)21/h3-5,8-9H,6-7H2,1-2H3,(H,20,21)(H2,16,17,18,22). The highest BCUT2D eigenvalue weighted by Gasteiger charge is 2.09. The van der Waals surface area contributed by atoms with Gasteiger partial charge in [-0.25, -0.2) is 9.48 Å². The largest absolute Gasteiger partial charge is 0.481 e. The first-order chi connectivity index (χ1) is 11.0. The van der Waals surface area contributed by atoms with Gasteiger partial charge in [0.2, 0.25) is 5.88 Å². The number of hydrogen-bond acceptors (Lipinski definition) is 4. The Kier molecular flexibility index (Phi) is 5.19. The predicted octanol–water partition coefficient (Wildman–Crippen LogP) is 2.09. The molecule has 0 bridgehead atoms. The number of anilines is 2. The average Bonchev–Trinajstić information content (AvgIpc) is 2.85. The molecule has 1 aromatic carbocycles. The molecule has 0 unspecified atom stereocenters. The SMILES string of the molecule is COc1cc(NC(=O)Nc2cccc(CCC(=O)O)c2)nn1C. The third-order valence-electron chi connectivity index (χ3n) is 3.10. The van der Waals surface area contributed by atoms with E-state index in [1.165, 1.54) is 11.8 Å². The van der Waals surface area contributed by atoms with Gasteiger partial charge in [0.25, 0.3) is 0 Å². The van der Waals surface area contributed by atoms with Crippen molar-refractivity contribution in [3.05, 3.63) is 35.9 Å². The molecule has 0 spiro atoms. The molecular formula is C15H18N4O4. The van der Waals surface area contributed by atoms with E-state index in [4.69, 9.17) is 9.84 Å². The van der Waals surface area contributed by atoms with Crippen LogP contribution in [0.2, 0.25) is 0 Å². The summed E-state index contributed by atoms with van der Waals surface area (Å²) in [5.74, 6) is 0.0325. The van der Waals surface area contributed by atoms with Crippen LogP contribution in [-0.4, -0.2) is 34.0 Å². The van der Waals surface area contributed by atoms with Crippen LogP contribution < -0.4 is 15.4 Å². The zero-order valence-electron chi connectivity index (χ0n) is 12.9. The van der Waals surface area contributed by atoms with E-state index < -0.39 is 12.0 Å². The van der Waals surface area contributed by atoms with Crippen molar-refractivity contribution in [2.24, 2.45) is 7.05 Å². The monoisotopic (exact) mass is 318 g/mol. The number of aryl methyl sites for hydroxylation is 2. The predicted molar refractivity (Wildman–Crippen MR) is 84.8 cm³/mol. The smallest absolute Gasteiger partial charge is 0.324 e. The maximum atomic E-state index is 12.0. The third kappa shape index (κ3) is 4.73. The fourth-order valence-corrected chi connectivity index (χ4v) is 2.04. The van der Waals surface area contributed by atoms with Gasteiger partial charge in [-0.1, -0.05) is 12.1 Å². The highest BCUT2D eigenvalue weighted by Crippen LogP contribution is 2.16. The summed E-state index contributed by atoms with van der Waals surface area (Å²) in [5, 5.41) is 18.1. The van der Waals surface area contributed by atoms with E-state index in [0.29, 0.717) is 23.8 Å². The summed E-state index contributed by atoms with van der Waals surface area (Å²) < 4.78 is 6.57. The van der Waals surface area contributed by atoms with E-state index in [1.807, 2.05) is 6.07 Å². The van der Waals surface area contributed by atoms with Gasteiger partial charge in [-0.15, -0.1) is 0 Å². The first-order valence-corrected chi connectivity index (χ1v) is 6.94. The molecule has 23 heavy (non-hydrogen) atoms. The van der Waals surface area contributed by atoms with Gasteiger partial charge in [-0.2, -0.15) is 5.10 Å². The number of benzene rings is 1. The van der Waals surface area contributed by atoms with Crippen molar-refractivity contribution in [2.75, 3.05) is 17.7 Å². The average molecular weight is 318 g/mol. The van der Waals surface area contributed by atoms with Crippen LogP contribution in [0.1, 0.15) is 12.0 Å². The number of nitrogens with one attached hydrogen (secondary N) is 2. The molecule has 0 aliphatic rings. The molecule has 0 aliphatic heterocycles. The molecule has 0 aliphatic carbocycles. The quantitative estimate of drug-likeness (QED) is 0.756. The lowest BCUT2D eigenvalue weighted by Gasteiger charge is -2.07. The molecule has 0 fully saturated rings. The maximum absolute atomic E-state index is 12.0. The van der Waals surface area contributed by atoms with Crippen molar-refractivity contribution in [2.45, 2.75) is 12.8 Å². The van der Waals surface area contributed by atoms with Crippen molar-refractivity contribution in [3.63, 3.8) is 0 Å². The molecule has 0 radical (unpaired) electrons. The summed E-state index contributed by atoms with van der Waals surface area (Å²) >= 11 is 0. The molecule has 122 valence electrons.